The molecule has 2 amide bonds. The number of nitrogens with one attached hydrogen (secondary N) is 1. The van der Waals surface area contributed by atoms with Crippen molar-refractivity contribution < 1.29 is 39.0 Å². The number of amides is 2. The van der Waals surface area contributed by atoms with Gasteiger partial charge in [0, 0.05) is 16.7 Å². The summed E-state index contributed by atoms with van der Waals surface area (Å²) in [5, 5.41) is 24.5. The molecule has 0 aliphatic carbocycles. The number of nitrogen functional groups attached to an aromatic ring is 1. The van der Waals surface area contributed by atoms with Gasteiger partial charge in [-0.05, 0) is 6.08 Å². The Morgan fingerprint density at radius 3 is 2.70 bits per heavy atom. The number of hydrogen-bond acceptors (Lipinski definition) is 11. The third kappa shape index (κ3) is 5.68. The molecule has 3 heterocycles. The van der Waals surface area contributed by atoms with Gasteiger partial charge in [-0.25, -0.2) is 14.6 Å². The zero-order valence-electron chi connectivity index (χ0n) is 16.1. The van der Waals surface area contributed by atoms with E-state index in [0.717, 1.165) is 16.2 Å². The number of thioether (sulfide) groups is 1. The molecule has 1 fully saturated rings. The highest BCUT2D eigenvalue weighted by molar-refractivity contribution is 8.00. The molecular weight excluding hydrogens is 525 g/mol. The monoisotopic (exact) mass is 537 g/mol. The van der Waals surface area contributed by atoms with Crippen molar-refractivity contribution in [2.75, 3.05) is 18.1 Å². The van der Waals surface area contributed by atoms with Gasteiger partial charge in [-0.3, -0.25) is 14.5 Å². The van der Waals surface area contributed by atoms with Gasteiger partial charge in [0.1, 0.15) is 21.6 Å². The second-order valence-electron chi connectivity index (χ2n) is 6.17. The van der Waals surface area contributed by atoms with Crippen LogP contribution in [0.25, 0.3) is 0 Å². The highest BCUT2D eigenvalue weighted by Crippen LogP contribution is 2.41. The van der Waals surface area contributed by atoms with Gasteiger partial charge in [0.2, 0.25) is 12.5 Å². The third-order valence-corrected chi connectivity index (χ3v) is 6.22. The number of anilines is 1. The lowest BCUT2D eigenvalue weighted by Gasteiger charge is -2.48. The van der Waals surface area contributed by atoms with Crippen LogP contribution >= 0.6 is 46.3 Å². The molecule has 17 heteroatoms. The predicted molar refractivity (Wildman–Crippen MR) is 118 cm³/mol. The van der Waals surface area contributed by atoms with E-state index < -0.39 is 47.7 Å². The number of rotatable bonds is 8. The smallest absolute Gasteiger partial charge is 0.479 e. The highest BCUT2D eigenvalue weighted by atomic mass is 35.5. The van der Waals surface area contributed by atoms with Crippen LogP contribution in [0.15, 0.2) is 32.6 Å². The summed E-state index contributed by atoms with van der Waals surface area (Å²) < 4.78 is 4.58. The lowest BCUT2D eigenvalue weighted by Crippen LogP contribution is -2.70. The van der Waals surface area contributed by atoms with Gasteiger partial charge in [-0.15, -0.1) is 23.1 Å². The number of ether oxygens (including phenoxy) is 1. The maximum atomic E-state index is 12.8. The van der Waals surface area contributed by atoms with E-state index in [4.69, 9.17) is 43.9 Å². The Morgan fingerprint density at radius 2 is 2.12 bits per heavy atom. The lowest BCUT2D eigenvalue weighted by atomic mass is 10.1. The van der Waals surface area contributed by atoms with Crippen LogP contribution in [0.1, 0.15) is 5.69 Å². The van der Waals surface area contributed by atoms with E-state index >= 15 is 0 Å². The maximum absolute atomic E-state index is 12.8. The van der Waals surface area contributed by atoms with Crippen LogP contribution in [0.4, 0.5) is 9.93 Å². The van der Waals surface area contributed by atoms with E-state index in [1.807, 2.05) is 0 Å². The molecule has 1 saturated heterocycles. The number of β-lactam (4-membered cyclic amide) rings is 1. The van der Waals surface area contributed by atoms with E-state index in [9.17, 15) is 19.2 Å². The Hall–Kier alpha value is -3.01. The number of hydrogen-bond donors (Lipinski definition) is 4. The van der Waals surface area contributed by atoms with Gasteiger partial charge < -0.3 is 30.8 Å². The lowest BCUT2D eigenvalue weighted by molar-refractivity contribution is -0.148. The number of carbonyl (C=O) groups is 4. The van der Waals surface area contributed by atoms with Crippen molar-refractivity contribution in [1.82, 2.24) is 15.2 Å². The van der Waals surface area contributed by atoms with E-state index in [1.54, 1.807) is 0 Å². The summed E-state index contributed by atoms with van der Waals surface area (Å²) in [4.78, 5) is 56.9. The van der Waals surface area contributed by atoms with Crippen LogP contribution < -0.4 is 11.1 Å². The summed E-state index contributed by atoms with van der Waals surface area (Å²) in [7, 11) is 0. The molecule has 13 nitrogen and oxygen atoms in total. The van der Waals surface area contributed by atoms with Gasteiger partial charge in [0.25, 0.3) is 11.8 Å². The zero-order chi connectivity index (χ0) is 24.3. The number of halogens is 2. The standard InChI is InChI=1S/C16H13Cl2N5O8S2/c17-7(18)1-5-3-32-14-10(12(27)23(14)13(5)31-16(28)29)21-11(26)9(22-30-2-8(24)25)6-4-33-15(19)20-6/h1,4,10,14H,2-3H2,(H2,19,20)(H,21,26)(H,24,25)(H,28,29)/t10?,14-/m0/s1. The molecule has 0 spiro atoms. The molecule has 0 radical (unpaired) electrons. The largest absolute Gasteiger partial charge is 0.512 e. The van der Waals surface area contributed by atoms with Crippen molar-refractivity contribution in [3.05, 3.63) is 33.1 Å². The molecule has 1 aromatic rings. The summed E-state index contributed by atoms with van der Waals surface area (Å²) >= 11 is 13.5. The number of aliphatic carboxylic acids is 1. The first-order valence-corrected chi connectivity index (χ1v) is 11.3. The van der Waals surface area contributed by atoms with Gasteiger partial charge in [-0.2, -0.15) is 0 Å². The molecule has 0 aromatic carbocycles. The molecule has 0 bridgehead atoms. The van der Waals surface area contributed by atoms with Crippen molar-refractivity contribution in [1.29, 1.82) is 0 Å². The fourth-order valence-corrected chi connectivity index (χ4v) is 4.86. The van der Waals surface area contributed by atoms with Crippen molar-refractivity contribution in [2.24, 2.45) is 5.16 Å². The fraction of sp³-hybridized carbons (Fsp3) is 0.250. The molecule has 5 N–H and O–H groups in total. The highest BCUT2D eigenvalue weighted by Gasteiger charge is 2.54. The zero-order valence-corrected chi connectivity index (χ0v) is 19.2. The summed E-state index contributed by atoms with van der Waals surface area (Å²) in [5.41, 5.74) is 5.45. The average molecular weight is 538 g/mol. The Kier molecular flexibility index (Phi) is 7.68. The summed E-state index contributed by atoms with van der Waals surface area (Å²) in [5.74, 6) is -2.97. The number of nitrogens with zero attached hydrogens (tertiary/aromatic N) is 3. The average Bonchev–Trinajstić information content (AvgIpc) is 3.15. The molecule has 1 unspecified atom stereocenters. The quantitative estimate of drug-likeness (QED) is 0.161. The van der Waals surface area contributed by atoms with Crippen LogP contribution in [0.2, 0.25) is 0 Å². The summed E-state index contributed by atoms with van der Waals surface area (Å²) in [6.45, 7) is -0.814. The van der Waals surface area contributed by atoms with E-state index in [1.165, 1.54) is 23.2 Å². The minimum Gasteiger partial charge on any atom is -0.479 e. The Bertz CT molecular complexity index is 1100. The molecule has 33 heavy (non-hydrogen) atoms. The van der Waals surface area contributed by atoms with Crippen molar-refractivity contribution in [2.45, 2.75) is 11.4 Å². The normalized spacial score (nSPS) is 19.9. The summed E-state index contributed by atoms with van der Waals surface area (Å²) in [6, 6.07) is -1.08. The number of nitrogens with two attached hydrogens (primary N) is 1. The van der Waals surface area contributed by atoms with Crippen LogP contribution in [0.3, 0.4) is 0 Å². The topological polar surface area (TPSA) is 194 Å². The number of carbonyl (C=O) groups excluding carboxylic acids is 2. The number of carboxylic acid groups (broad SMARTS) is 2. The van der Waals surface area contributed by atoms with E-state index in [0.29, 0.717) is 0 Å². The Balaban J connectivity index is 1.81. The van der Waals surface area contributed by atoms with Crippen LogP contribution in [-0.2, 0) is 24.0 Å². The van der Waals surface area contributed by atoms with E-state index in [2.05, 4.69) is 20.3 Å². The minimum absolute atomic E-state index is 0.0132. The van der Waals surface area contributed by atoms with Crippen LogP contribution in [-0.4, -0.2) is 73.5 Å². The molecule has 2 atom stereocenters. The van der Waals surface area contributed by atoms with Crippen LogP contribution in [0, 0.1) is 0 Å². The van der Waals surface area contributed by atoms with Crippen molar-refractivity contribution >= 4 is 81.1 Å². The van der Waals surface area contributed by atoms with E-state index in [-0.39, 0.29) is 32.5 Å². The Labute approximate surface area is 202 Å². The molecule has 176 valence electrons. The maximum Gasteiger partial charge on any atom is 0.512 e. The van der Waals surface area contributed by atoms with Crippen molar-refractivity contribution in [3.8, 4) is 0 Å². The number of carboxylic acids is 1. The second kappa shape index (κ2) is 10.3. The minimum atomic E-state index is -1.65. The SMILES string of the molecule is Nc1nc(C(=NOCC(=O)O)C(=O)NC2C(=O)N3C(OC(=O)O)=C(C=C(Cl)Cl)CS[C@@H]23)cs1. The molecular formula is C16H13Cl2N5O8S2. The van der Waals surface area contributed by atoms with Gasteiger partial charge in [-0.1, -0.05) is 28.4 Å². The second-order valence-corrected chi connectivity index (χ2v) is 9.17. The van der Waals surface area contributed by atoms with Gasteiger partial charge >= 0.3 is 12.1 Å². The third-order valence-electron chi connectivity index (χ3n) is 4.02. The first-order chi connectivity index (χ1) is 15.6. The molecule has 0 saturated carbocycles. The van der Waals surface area contributed by atoms with Crippen LogP contribution in [0.5, 0.6) is 0 Å². The first kappa shape index (κ1) is 24.6. The molecule has 1 aromatic heterocycles. The fourth-order valence-electron chi connectivity index (χ4n) is 2.77. The number of fused-ring (bicyclic) bond motifs is 1. The predicted octanol–water partition coefficient (Wildman–Crippen LogP) is 1.16. The number of allylic oxidation sites excluding steroid dienone is 1. The van der Waals surface area contributed by atoms with Crippen molar-refractivity contribution in [3.63, 3.8) is 0 Å². The Morgan fingerprint density at radius 1 is 1.39 bits per heavy atom. The number of thiazole rings is 1. The van der Waals surface area contributed by atoms with Gasteiger partial charge in [0.15, 0.2) is 10.8 Å². The first-order valence-electron chi connectivity index (χ1n) is 8.63. The molecule has 3 rings (SSSR count). The number of oxime groups is 1. The molecule has 2 aliphatic heterocycles. The summed E-state index contributed by atoms with van der Waals surface area (Å²) in [6.07, 6.45) is -0.403. The molecule has 2 aliphatic rings. The number of aromatic nitrogens is 1. The van der Waals surface area contributed by atoms with Gasteiger partial charge in [0.05, 0.1) is 0 Å².